The van der Waals surface area contributed by atoms with Gasteiger partial charge in [-0.2, -0.15) is 0 Å². The highest BCUT2D eigenvalue weighted by Crippen LogP contribution is 2.73. The molecule has 0 radical (unpaired) electrons. The Kier molecular flexibility index (Phi) is 7.88. The number of fused-ring (bicyclic) bond motifs is 2. The molecular formula is C23H35NO5S. The first kappa shape index (κ1) is 24.6. The lowest BCUT2D eigenvalue weighted by molar-refractivity contribution is -0.134. The number of ether oxygens (including phenoxy) is 1. The maximum absolute atomic E-state index is 9.55. The Morgan fingerprint density at radius 2 is 1.87 bits per heavy atom. The van der Waals surface area contributed by atoms with E-state index < -0.39 is 11.9 Å². The SMILES string of the molecule is CN(C)CCCOC1(c2cccs2)CC2(C)CCC1C2(C)C.O=C(O)/C=C/C(=O)O. The molecule has 168 valence electrons. The molecule has 0 aliphatic heterocycles. The van der Waals surface area contributed by atoms with E-state index in [-0.39, 0.29) is 5.60 Å². The number of hydrogen-bond acceptors (Lipinski definition) is 5. The van der Waals surface area contributed by atoms with Crippen molar-refractivity contribution in [2.24, 2.45) is 16.7 Å². The number of carbonyl (C=O) groups is 2. The lowest BCUT2D eigenvalue weighted by Crippen LogP contribution is -2.38. The molecule has 0 spiro atoms. The van der Waals surface area contributed by atoms with E-state index in [2.05, 4.69) is 57.3 Å². The second-order valence-corrected chi connectivity index (χ2v) is 10.4. The van der Waals surface area contributed by atoms with Crippen molar-refractivity contribution in [2.75, 3.05) is 27.2 Å². The molecule has 2 bridgehead atoms. The summed E-state index contributed by atoms with van der Waals surface area (Å²) in [6.07, 6.45) is 6.10. The molecule has 2 N–H and O–H groups in total. The van der Waals surface area contributed by atoms with Crippen molar-refractivity contribution < 1.29 is 24.5 Å². The number of hydrogen-bond donors (Lipinski definition) is 2. The fourth-order valence-corrected chi connectivity index (χ4v) is 6.11. The highest BCUT2D eigenvalue weighted by atomic mass is 32.1. The quantitative estimate of drug-likeness (QED) is 0.461. The number of carboxylic acids is 2. The summed E-state index contributed by atoms with van der Waals surface area (Å²) in [7, 11) is 4.27. The second-order valence-electron chi connectivity index (χ2n) is 9.43. The molecule has 3 atom stereocenters. The van der Waals surface area contributed by atoms with E-state index in [4.69, 9.17) is 14.9 Å². The van der Waals surface area contributed by atoms with Crippen molar-refractivity contribution in [1.29, 1.82) is 0 Å². The Morgan fingerprint density at radius 3 is 2.27 bits per heavy atom. The Labute approximate surface area is 183 Å². The van der Waals surface area contributed by atoms with Gasteiger partial charge in [-0.25, -0.2) is 9.59 Å². The third-order valence-corrected chi connectivity index (χ3v) is 8.07. The molecule has 1 heterocycles. The number of thiophene rings is 1. The van der Waals surface area contributed by atoms with Crippen LogP contribution in [0.25, 0.3) is 0 Å². The molecule has 2 fully saturated rings. The molecule has 6 nitrogen and oxygen atoms in total. The zero-order valence-electron chi connectivity index (χ0n) is 18.7. The van der Waals surface area contributed by atoms with Crippen LogP contribution < -0.4 is 0 Å². The summed E-state index contributed by atoms with van der Waals surface area (Å²) in [4.78, 5) is 22.8. The lowest BCUT2D eigenvalue weighted by atomic mass is 9.71. The minimum absolute atomic E-state index is 0.0308. The molecule has 2 aliphatic rings. The van der Waals surface area contributed by atoms with E-state index in [9.17, 15) is 9.59 Å². The maximum atomic E-state index is 9.55. The van der Waals surface area contributed by atoms with Gasteiger partial charge in [0.1, 0.15) is 5.60 Å². The third-order valence-electron chi connectivity index (χ3n) is 7.04. The van der Waals surface area contributed by atoms with Crippen LogP contribution in [0.15, 0.2) is 29.7 Å². The van der Waals surface area contributed by atoms with Crippen LogP contribution in [-0.2, 0) is 19.9 Å². The van der Waals surface area contributed by atoms with Gasteiger partial charge in [0.05, 0.1) is 0 Å². The molecule has 7 heteroatoms. The summed E-state index contributed by atoms with van der Waals surface area (Å²) in [6, 6.07) is 4.49. The van der Waals surface area contributed by atoms with Gasteiger partial charge in [0.25, 0.3) is 0 Å². The van der Waals surface area contributed by atoms with Gasteiger partial charge in [0.15, 0.2) is 0 Å². The van der Waals surface area contributed by atoms with E-state index in [0.717, 1.165) is 19.6 Å². The molecule has 0 saturated heterocycles. The van der Waals surface area contributed by atoms with Gasteiger partial charge in [-0.05, 0) is 74.5 Å². The average molecular weight is 438 g/mol. The van der Waals surface area contributed by atoms with Crippen LogP contribution in [0.2, 0.25) is 0 Å². The van der Waals surface area contributed by atoms with Crippen LogP contribution in [0, 0.1) is 16.7 Å². The molecule has 2 saturated carbocycles. The van der Waals surface area contributed by atoms with Crippen molar-refractivity contribution in [1.82, 2.24) is 4.90 Å². The van der Waals surface area contributed by atoms with Gasteiger partial charge in [-0.3, -0.25) is 0 Å². The van der Waals surface area contributed by atoms with Crippen LogP contribution in [-0.4, -0.2) is 54.3 Å². The topological polar surface area (TPSA) is 87.1 Å². The summed E-state index contributed by atoms with van der Waals surface area (Å²) in [5.41, 5.74) is 0.763. The second kappa shape index (κ2) is 9.62. The Hall–Kier alpha value is -1.70. The predicted octanol–water partition coefficient (Wildman–Crippen LogP) is 4.47. The van der Waals surface area contributed by atoms with Crippen LogP contribution in [0.4, 0.5) is 0 Å². The summed E-state index contributed by atoms with van der Waals surface area (Å²) in [5.74, 6) is -1.86. The van der Waals surface area contributed by atoms with Crippen molar-refractivity contribution in [2.45, 2.75) is 52.1 Å². The van der Waals surface area contributed by atoms with E-state index in [1.807, 2.05) is 11.3 Å². The first-order valence-corrected chi connectivity index (χ1v) is 11.3. The summed E-state index contributed by atoms with van der Waals surface area (Å²) >= 11 is 1.89. The van der Waals surface area contributed by atoms with Gasteiger partial charge in [-0.1, -0.05) is 26.8 Å². The monoisotopic (exact) mass is 437 g/mol. The molecular weight excluding hydrogens is 402 g/mol. The predicted molar refractivity (Wildman–Crippen MR) is 119 cm³/mol. The summed E-state index contributed by atoms with van der Waals surface area (Å²) in [5, 5.41) is 17.8. The maximum Gasteiger partial charge on any atom is 0.328 e. The van der Waals surface area contributed by atoms with Gasteiger partial charge in [0, 0.05) is 23.6 Å². The van der Waals surface area contributed by atoms with E-state index in [1.54, 1.807) is 0 Å². The normalized spacial score (nSPS) is 29.2. The first-order valence-electron chi connectivity index (χ1n) is 10.4. The zero-order chi connectivity index (χ0) is 22.6. The van der Waals surface area contributed by atoms with Crippen molar-refractivity contribution in [3.8, 4) is 0 Å². The van der Waals surface area contributed by atoms with Crippen LogP contribution >= 0.6 is 11.3 Å². The minimum atomic E-state index is -1.26. The number of rotatable bonds is 8. The zero-order valence-corrected chi connectivity index (χ0v) is 19.5. The van der Waals surface area contributed by atoms with E-state index in [0.29, 0.717) is 28.9 Å². The summed E-state index contributed by atoms with van der Waals surface area (Å²) in [6.45, 7) is 9.42. The average Bonchev–Trinajstić information content (AvgIpc) is 3.29. The van der Waals surface area contributed by atoms with Gasteiger partial charge in [0.2, 0.25) is 0 Å². The molecule has 1 aromatic heterocycles. The van der Waals surface area contributed by atoms with Crippen molar-refractivity contribution >= 4 is 23.3 Å². The largest absolute Gasteiger partial charge is 0.478 e. The molecule has 30 heavy (non-hydrogen) atoms. The van der Waals surface area contributed by atoms with E-state index >= 15 is 0 Å². The minimum Gasteiger partial charge on any atom is -0.478 e. The smallest absolute Gasteiger partial charge is 0.328 e. The van der Waals surface area contributed by atoms with Gasteiger partial charge < -0.3 is 19.8 Å². The Morgan fingerprint density at radius 1 is 1.23 bits per heavy atom. The van der Waals surface area contributed by atoms with Gasteiger partial charge in [-0.15, -0.1) is 11.3 Å². The lowest BCUT2D eigenvalue weighted by Gasteiger charge is -2.39. The number of aliphatic carboxylic acids is 2. The molecule has 0 amide bonds. The standard InChI is InChI=1S/C19H31NOS.C4H4O4/c1-17(2)15-9-10-18(17,3)14-19(15,16-8-6-13-22-16)21-12-7-11-20(4)5;5-3(6)1-2-4(7)8/h6,8,13,15H,7,9-12,14H2,1-5H3;1-2H,(H,5,6)(H,7,8)/b;2-1+. The third kappa shape index (κ3) is 5.13. The molecule has 2 aliphatic carbocycles. The number of carboxylic acid groups (broad SMARTS) is 2. The molecule has 3 rings (SSSR count). The van der Waals surface area contributed by atoms with Crippen LogP contribution in [0.1, 0.15) is 51.3 Å². The van der Waals surface area contributed by atoms with Crippen LogP contribution in [0.3, 0.4) is 0 Å². The molecule has 1 aromatic rings. The van der Waals surface area contributed by atoms with Crippen molar-refractivity contribution in [3.05, 3.63) is 34.5 Å². The fraction of sp³-hybridized carbons (Fsp3) is 0.652. The summed E-state index contributed by atoms with van der Waals surface area (Å²) < 4.78 is 6.70. The Bertz CT molecular complexity index is 739. The first-order chi connectivity index (χ1) is 13.9. The van der Waals surface area contributed by atoms with E-state index in [1.165, 1.54) is 24.1 Å². The highest BCUT2D eigenvalue weighted by Gasteiger charge is 2.68. The van der Waals surface area contributed by atoms with Gasteiger partial charge >= 0.3 is 11.9 Å². The van der Waals surface area contributed by atoms with Crippen LogP contribution in [0.5, 0.6) is 0 Å². The Balaban J connectivity index is 0.000000343. The fourth-order valence-electron chi connectivity index (χ4n) is 5.18. The van der Waals surface area contributed by atoms with Crippen molar-refractivity contribution in [3.63, 3.8) is 0 Å². The highest BCUT2D eigenvalue weighted by molar-refractivity contribution is 7.10. The number of nitrogens with zero attached hydrogens (tertiary/aromatic N) is 1. The molecule has 3 unspecified atom stereocenters. The molecule has 0 aromatic carbocycles.